The number of nitrogens with zero attached hydrogens (tertiary/aromatic N) is 5. The van der Waals surface area contributed by atoms with Crippen molar-refractivity contribution in [3.8, 4) is 34.4 Å². The number of fused-ring (bicyclic) bond motifs is 12. The van der Waals surface area contributed by atoms with Crippen molar-refractivity contribution < 1.29 is 21.9 Å². The molecule has 0 bridgehead atoms. The fraction of sp³-hybridized carbons (Fsp3) is 0. The van der Waals surface area contributed by atoms with Crippen molar-refractivity contribution in [1.29, 1.82) is 0 Å². The zero-order valence-electron chi connectivity index (χ0n) is 44.9. The van der Waals surface area contributed by atoms with E-state index in [1.165, 1.54) is 0 Å². The molecule has 0 saturated heterocycles. The van der Waals surface area contributed by atoms with E-state index in [2.05, 4.69) is 15.6 Å². The Morgan fingerprint density at radius 3 is 1.54 bits per heavy atom. The molecule has 56 heavy (non-hydrogen) atoms. The fourth-order valence-corrected chi connectivity index (χ4v) is 7.82. The summed E-state index contributed by atoms with van der Waals surface area (Å²) in [6.45, 7) is 0. The molecule has 12 aromatic rings. The molecule has 260 valence electrons. The van der Waals surface area contributed by atoms with Crippen LogP contribution >= 0.6 is 0 Å². The second-order valence-corrected chi connectivity index (χ2v) is 13.2. The summed E-state index contributed by atoms with van der Waals surface area (Å²) in [4.78, 5) is 14.4. The molecule has 0 unspecified atom stereocenters. The van der Waals surface area contributed by atoms with Crippen LogP contribution < -0.4 is 0 Å². The summed E-state index contributed by atoms with van der Waals surface area (Å²) in [6, 6.07) is 18.2. The molecule has 0 amide bonds. The van der Waals surface area contributed by atoms with E-state index in [1.54, 1.807) is 10.6 Å². The van der Waals surface area contributed by atoms with Gasteiger partial charge in [-0.25, -0.2) is 4.98 Å². The van der Waals surface area contributed by atoms with Gasteiger partial charge in [-0.15, -0.1) is 0 Å². The van der Waals surface area contributed by atoms with Gasteiger partial charge >= 0.3 is 0 Å². The number of hydrogen-bond donors (Lipinski definition) is 0. The van der Waals surface area contributed by atoms with Crippen molar-refractivity contribution in [3.63, 3.8) is 0 Å². The van der Waals surface area contributed by atoms with Crippen molar-refractivity contribution in [1.82, 2.24) is 24.1 Å². The molecule has 3 heterocycles. The van der Waals surface area contributed by atoms with Crippen molar-refractivity contribution in [2.45, 2.75) is 0 Å². The normalized spacial score (nSPS) is 15.9. The topological polar surface area (TPSA) is 48.5 Å². The van der Waals surface area contributed by atoms with E-state index < -0.39 is 119 Å². The van der Waals surface area contributed by atoms with Crippen LogP contribution in [0.15, 0.2) is 188 Å². The van der Waals surface area contributed by atoms with Crippen LogP contribution in [0.25, 0.3) is 110 Å². The smallest absolute Gasteiger partial charge is 0.238 e. The lowest BCUT2D eigenvalue weighted by molar-refractivity contribution is 0.954. The molecule has 0 aliphatic heterocycles. The fourth-order valence-electron chi connectivity index (χ4n) is 7.82. The minimum absolute atomic E-state index is 0.181. The second kappa shape index (κ2) is 11.9. The van der Waals surface area contributed by atoms with Gasteiger partial charge in [0.25, 0.3) is 0 Å². The van der Waals surface area contributed by atoms with Crippen LogP contribution in [-0.4, -0.2) is 24.1 Å². The van der Waals surface area contributed by atoms with Gasteiger partial charge in [0.05, 0.1) is 44.0 Å². The predicted molar refractivity (Wildman–Crippen MR) is 232 cm³/mol. The molecule has 0 spiro atoms. The number of rotatable bonds is 4. The lowest BCUT2D eigenvalue weighted by atomic mass is 9.93. The molecule has 0 aliphatic carbocycles. The molecule has 0 atom stereocenters. The first-order chi connectivity index (χ1) is 34.4. The quantitative estimate of drug-likeness (QED) is 0.169. The highest BCUT2D eigenvalue weighted by Crippen LogP contribution is 2.40. The highest BCUT2D eigenvalue weighted by Gasteiger charge is 2.21. The standard InChI is InChI=1S/C51H31N5/c1-3-15-32(16-4-1)49-52-50(33-27-28-39-37-21-8-7-19-35(37)36-20-9-10-22-38(36)42(39)29-33)54-51(53-49)56-46-26-14-12-24-41(46)44-30-43-40-23-11-13-25-45(40)55(47(43)31-48(44)56)34-17-5-2-6-18-34/h1-31H/i1D,3D,4D,7D,8D,9D,10D,15D,16D,19D,20D,21D,22D,27D,28D,29D. The minimum Gasteiger partial charge on any atom is -0.309 e. The van der Waals surface area contributed by atoms with Gasteiger partial charge in [-0.2, -0.15) is 9.97 Å². The number of benzene rings is 9. The van der Waals surface area contributed by atoms with Crippen molar-refractivity contribution in [2.75, 3.05) is 0 Å². The third-order valence-corrected chi connectivity index (χ3v) is 10.2. The van der Waals surface area contributed by atoms with Gasteiger partial charge in [-0.1, -0.05) is 145 Å². The number of para-hydroxylation sites is 3. The SMILES string of the molecule is [2H]c1c([2H])c([2H])c(-c2nc(-c3c([2H])c([2H])c4c5c([2H])c([2H])c([2H])c([2H])c5c5c([2H])c([2H])c([2H])c([2H])c5c4c3[2H])nc(-n3c4ccccc4c4cc5c6ccccc6n(-c6ccccc6)c5cc43)n2)c([2H])c1[2H]. The minimum atomic E-state index is -0.728. The molecular formula is C51H31N5. The number of hydrogen-bond acceptors (Lipinski definition) is 3. The molecule has 0 saturated carbocycles. The summed E-state index contributed by atoms with van der Waals surface area (Å²) >= 11 is 0. The van der Waals surface area contributed by atoms with E-state index in [-0.39, 0.29) is 38.3 Å². The highest BCUT2D eigenvalue weighted by atomic mass is 15.2. The van der Waals surface area contributed by atoms with E-state index in [4.69, 9.17) is 26.4 Å². The first kappa shape index (κ1) is 19.1. The molecule has 12 rings (SSSR count). The molecule has 9 aromatic carbocycles. The van der Waals surface area contributed by atoms with Gasteiger partial charge in [0.1, 0.15) is 0 Å². The molecule has 3 aromatic heterocycles. The first-order valence-electron chi connectivity index (χ1n) is 25.7. The van der Waals surface area contributed by atoms with Crippen molar-refractivity contribution in [2.24, 2.45) is 0 Å². The predicted octanol–water partition coefficient (Wildman–Crippen LogP) is 12.9. The Kier molecular flexibility index (Phi) is 4.07. The Labute approximate surface area is 343 Å². The maximum Gasteiger partial charge on any atom is 0.238 e. The van der Waals surface area contributed by atoms with Crippen LogP contribution in [0.1, 0.15) is 21.9 Å². The van der Waals surface area contributed by atoms with Crippen LogP contribution in [0, 0.1) is 0 Å². The Hall–Kier alpha value is -7.63. The number of aromatic nitrogens is 5. The monoisotopic (exact) mass is 729 g/mol. The third-order valence-electron chi connectivity index (χ3n) is 10.2. The van der Waals surface area contributed by atoms with Crippen LogP contribution in [0.5, 0.6) is 0 Å². The second-order valence-electron chi connectivity index (χ2n) is 13.2. The maximum atomic E-state index is 9.98. The van der Waals surface area contributed by atoms with Crippen LogP contribution in [0.2, 0.25) is 0 Å². The molecule has 5 heteroatoms. The van der Waals surface area contributed by atoms with Crippen molar-refractivity contribution >= 4 is 75.9 Å². The van der Waals surface area contributed by atoms with Crippen LogP contribution in [-0.2, 0) is 0 Å². The Morgan fingerprint density at radius 2 is 0.875 bits per heavy atom. The average Bonchev–Trinajstić information content (AvgIpc) is 3.89. The molecular weight excluding hydrogens is 683 g/mol. The summed E-state index contributed by atoms with van der Waals surface area (Å²) in [5.74, 6) is -1.12. The molecule has 0 fully saturated rings. The largest absolute Gasteiger partial charge is 0.309 e. The van der Waals surface area contributed by atoms with Crippen LogP contribution in [0.3, 0.4) is 0 Å². The van der Waals surface area contributed by atoms with E-state index in [1.807, 2.05) is 78.9 Å². The zero-order valence-corrected chi connectivity index (χ0v) is 28.9. The summed E-state index contributed by atoms with van der Waals surface area (Å²) in [5.41, 5.74) is 2.83. The lowest BCUT2D eigenvalue weighted by Crippen LogP contribution is -2.06. The first-order valence-corrected chi connectivity index (χ1v) is 17.7. The van der Waals surface area contributed by atoms with Gasteiger partial charge in [0.15, 0.2) is 11.6 Å². The Morgan fingerprint density at radius 1 is 0.357 bits per heavy atom. The molecule has 0 N–H and O–H groups in total. The van der Waals surface area contributed by atoms with E-state index in [0.29, 0.717) is 11.0 Å². The van der Waals surface area contributed by atoms with Gasteiger partial charge in [0, 0.05) is 38.4 Å². The summed E-state index contributed by atoms with van der Waals surface area (Å²) in [5, 5.41) is 1.37. The van der Waals surface area contributed by atoms with Gasteiger partial charge in [0.2, 0.25) is 5.95 Å². The van der Waals surface area contributed by atoms with Crippen LogP contribution in [0.4, 0.5) is 0 Å². The van der Waals surface area contributed by atoms with Gasteiger partial charge in [-0.3, -0.25) is 4.57 Å². The Bertz CT molecular complexity index is 4400. The molecule has 0 aliphatic rings. The Balaban J connectivity index is 1.27. The summed E-state index contributed by atoms with van der Waals surface area (Å²) in [6.07, 6.45) is 0. The molecule has 0 radical (unpaired) electrons. The van der Waals surface area contributed by atoms with Gasteiger partial charge < -0.3 is 4.57 Å². The average molecular weight is 730 g/mol. The van der Waals surface area contributed by atoms with Crippen molar-refractivity contribution in [3.05, 3.63) is 188 Å². The van der Waals surface area contributed by atoms with E-state index in [0.717, 1.165) is 38.3 Å². The highest BCUT2D eigenvalue weighted by molar-refractivity contribution is 6.26. The lowest BCUT2D eigenvalue weighted by Gasteiger charge is -2.13. The van der Waals surface area contributed by atoms with Gasteiger partial charge in [-0.05, 0) is 74.8 Å². The van der Waals surface area contributed by atoms with E-state index >= 15 is 0 Å². The molecule has 5 nitrogen and oxygen atoms in total. The maximum absolute atomic E-state index is 9.98. The zero-order chi connectivity index (χ0) is 50.7. The van der Waals surface area contributed by atoms with E-state index in [9.17, 15) is 5.48 Å². The summed E-state index contributed by atoms with van der Waals surface area (Å²) < 4.78 is 147. The third kappa shape index (κ3) is 4.52. The summed E-state index contributed by atoms with van der Waals surface area (Å²) in [7, 11) is 0.